The van der Waals surface area contributed by atoms with E-state index in [1.807, 2.05) is 20.8 Å². The number of carbonyl (C=O) groups is 1. The van der Waals surface area contributed by atoms with Gasteiger partial charge in [0.1, 0.15) is 0 Å². The SMILES string of the molecule is CCCCC(CCCC)(C(=O)OCCC)P(=O)(O)O. The van der Waals surface area contributed by atoms with Crippen LogP contribution in [0.2, 0.25) is 0 Å². The molecule has 0 aromatic rings. The molecule has 0 radical (unpaired) electrons. The summed E-state index contributed by atoms with van der Waals surface area (Å²) in [6.07, 6.45) is 3.81. The van der Waals surface area contributed by atoms with Gasteiger partial charge in [-0.1, -0.05) is 46.5 Å². The van der Waals surface area contributed by atoms with Crippen LogP contribution in [0.3, 0.4) is 0 Å². The van der Waals surface area contributed by atoms with Crippen LogP contribution in [0.25, 0.3) is 0 Å². The van der Waals surface area contributed by atoms with Gasteiger partial charge in [-0.05, 0) is 19.3 Å². The van der Waals surface area contributed by atoms with Crippen LogP contribution in [-0.2, 0) is 14.1 Å². The Labute approximate surface area is 115 Å². The number of carbonyl (C=O) groups excluding carboxylic acids is 1. The zero-order chi connectivity index (χ0) is 14.9. The number of unbranched alkanes of at least 4 members (excludes halogenated alkanes) is 2. The van der Waals surface area contributed by atoms with E-state index in [1.54, 1.807) is 0 Å². The average Bonchev–Trinajstić information content (AvgIpc) is 2.35. The summed E-state index contributed by atoms with van der Waals surface area (Å²) >= 11 is 0. The van der Waals surface area contributed by atoms with E-state index >= 15 is 0 Å². The number of hydrogen-bond acceptors (Lipinski definition) is 3. The van der Waals surface area contributed by atoms with Crippen molar-refractivity contribution in [2.24, 2.45) is 0 Å². The van der Waals surface area contributed by atoms with Gasteiger partial charge in [0.15, 0.2) is 5.16 Å². The second-order valence-electron chi connectivity index (χ2n) is 4.92. The molecule has 6 heteroatoms. The molecule has 0 aromatic carbocycles. The maximum absolute atomic E-state index is 12.2. The molecule has 2 N–H and O–H groups in total. The fourth-order valence-electron chi connectivity index (χ4n) is 2.01. The molecule has 0 aliphatic rings. The second kappa shape index (κ2) is 8.72. The van der Waals surface area contributed by atoms with Gasteiger partial charge in [-0.3, -0.25) is 9.36 Å². The summed E-state index contributed by atoms with van der Waals surface area (Å²) < 4.78 is 16.9. The van der Waals surface area contributed by atoms with Crippen LogP contribution in [0.5, 0.6) is 0 Å². The zero-order valence-electron chi connectivity index (χ0n) is 12.2. The number of esters is 1. The Morgan fingerprint density at radius 1 is 1.05 bits per heavy atom. The van der Waals surface area contributed by atoms with Gasteiger partial charge >= 0.3 is 13.6 Å². The monoisotopic (exact) mass is 294 g/mol. The number of ether oxygens (including phenoxy) is 1. The van der Waals surface area contributed by atoms with Crippen molar-refractivity contribution in [2.45, 2.75) is 70.9 Å². The van der Waals surface area contributed by atoms with Gasteiger partial charge in [-0.2, -0.15) is 0 Å². The molecule has 0 atom stereocenters. The van der Waals surface area contributed by atoms with Crippen molar-refractivity contribution in [3.8, 4) is 0 Å². The van der Waals surface area contributed by atoms with E-state index in [0.717, 1.165) is 12.8 Å². The first-order chi connectivity index (χ1) is 8.85. The van der Waals surface area contributed by atoms with Gasteiger partial charge in [0.05, 0.1) is 6.61 Å². The van der Waals surface area contributed by atoms with E-state index in [-0.39, 0.29) is 19.4 Å². The lowest BCUT2D eigenvalue weighted by Crippen LogP contribution is -2.40. The van der Waals surface area contributed by atoms with Gasteiger partial charge in [0.2, 0.25) is 0 Å². The Morgan fingerprint density at radius 2 is 1.53 bits per heavy atom. The highest BCUT2D eigenvalue weighted by molar-refractivity contribution is 7.54. The molecular weight excluding hydrogens is 267 g/mol. The Bertz CT molecular complexity index is 302. The van der Waals surface area contributed by atoms with E-state index in [1.165, 1.54) is 0 Å². The Hall–Kier alpha value is -0.380. The molecule has 0 rings (SSSR count). The van der Waals surface area contributed by atoms with E-state index in [2.05, 4.69) is 0 Å². The molecule has 5 nitrogen and oxygen atoms in total. The van der Waals surface area contributed by atoms with Gasteiger partial charge in [-0.25, -0.2) is 0 Å². The summed E-state index contributed by atoms with van der Waals surface area (Å²) in [6.45, 7) is 5.92. The van der Waals surface area contributed by atoms with Crippen molar-refractivity contribution in [3.63, 3.8) is 0 Å². The fourth-order valence-corrected chi connectivity index (χ4v) is 3.21. The third-order valence-corrected chi connectivity index (χ3v) is 5.01. The predicted octanol–water partition coefficient (Wildman–Crippen LogP) is 3.24. The molecule has 0 saturated carbocycles. The third-order valence-electron chi connectivity index (χ3n) is 3.26. The standard InChI is InChI=1S/C13H27O5P/c1-4-7-9-13(10-8-5-2,19(15,16)17)12(14)18-11-6-3/h4-11H2,1-3H3,(H2,15,16,17). The van der Waals surface area contributed by atoms with Gasteiger partial charge in [0.25, 0.3) is 0 Å². The summed E-state index contributed by atoms with van der Waals surface area (Å²) in [4.78, 5) is 31.5. The lowest BCUT2D eigenvalue weighted by molar-refractivity contribution is -0.148. The summed E-state index contributed by atoms with van der Waals surface area (Å²) in [5.41, 5.74) is 0. The van der Waals surface area contributed by atoms with Crippen molar-refractivity contribution in [2.75, 3.05) is 6.61 Å². The molecule has 0 fully saturated rings. The molecule has 0 amide bonds. The highest BCUT2D eigenvalue weighted by Crippen LogP contribution is 2.56. The Morgan fingerprint density at radius 3 is 1.84 bits per heavy atom. The summed E-state index contributed by atoms with van der Waals surface area (Å²) in [6, 6.07) is 0. The van der Waals surface area contributed by atoms with Crippen molar-refractivity contribution < 1.29 is 23.9 Å². The molecule has 0 aliphatic carbocycles. The van der Waals surface area contributed by atoms with E-state index < -0.39 is 18.7 Å². The molecule has 0 saturated heterocycles. The van der Waals surface area contributed by atoms with Crippen molar-refractivity contribution in [3.05, 3.63) is 0 Å². The Kier molecular flexibility index (Phi) is 8.55. The van der Waals surface area contributed by atoms with Gasteiger partial charge in [0, 0.05) is 0 Å². The minimum absolute atomic E-state index is 0.191. The van der Waals surface area contributed by atoms with Crippen LogP contribution in [0, 0.1) is 0 Å². The quantitative estimate of drug-likeness (QED) is 0.477. The predicted molar refractivity (Wildman–Crippen MR) is 75.1 cm³/mol. The van der Waals surface area contributed by atoms with Crippen molar-refractivity contribution in [1.29, 1.82) is 0 Å². The van der Waals surface area contributed by atoms with Crippen molar-refractivity contribution >= 4 is 13.6 Å². The molecule has 0 heterocycles. The average molecular weight is 294 g/mol. The molecule has 0 spiro atoms. The van der Waals surface area contributed by atoms with E-state index in [0.29, 0.717) is 19.3 Å². The van der Waals surface area contributed by atoms with Crippen LogP contribution in [0.4, 0.5) is 0 Å². The van der Waals surface area contributed by atoms with Gasteiger partial charge in [-0.15, -0.1) is 0 Å². The summed E-state index contributed by atoms with van der Waals surface area (Å²) in [5.74, 6) is -0.732. The van der Waals surface area contributed by atoms with Crippen LogP contribution < -0.4 is 0 Å². The Balaban J connectivity index is 5.22. The maximum Gasteiger partial charge on any atom is 0.342 e. The van der Waals surface area contributed by atoms with Crippen LogP contribution in [0.15, 0.2) is 0 Å². The number of rotatable bonds is 10. The van der Waals surface area contributed by atoms with E-state index in [4.69, 9.17) is 4.74 Å². The first kappa shape index (κ1) is 18.6. The topological polar surface area (TPSA) is 83.8 Å². The van der Waals surface area contributed by atoms with Crippen molar-refractivity contribution in [1.82, 2.24) is 0 Å². The molecule has 0 aromatic heterocycles. The lowest BCUT2D eigenvalue weighted by atomic mass is 9.95. The zero-order valence-corrected chi connectivity index (χ0v) is 13.1. The molecule has 19 heavy (non-hydrogen) atoms. The summed E-state index contributed by atoms with van der Waals surface area (Å²) in [7, 11) is -4.54. The minimum Gasteiger partial charge on any atom is -0.465 e. The molecule has 114 valence electrons. The summed E-state index contributed by atoms with van der Waals surface area (Å²) in [5, 5.41) is -1.64. The molecule has 0 unspecified atom stereocenters. The molecular formula is C13H27O5P. The highest BCUT2D eigenvalue weighted by Gasteiger charge is 2.53. The first-order valence-electron chi connectivity index (χ1n) is 7.08. The van der Waals surface area contributed by atoms with Crippen LogP contribution in [0.1, 0.15) is 65.7 Å². The minimum atomic E-state index is -4.54. The molecule has 0 aliphatic heterocycles. The third kappa shape index (κ3) is 5.25. The lowest BCUT2D eigenvalue weighted by Gasteiger charge is -2.32. The van der Waals surface area contributed by atoms with Gasteiger partial charge < -0.3 is 14.5 Å². The number of hydrogen-bond donors (Lipinski definition) is 2. The smallest absolute Gasteiger partial charge is 0.342 e. The largest absolute Gasteiger partial charge is 0.465 e. The molecule has 0 bridgehead atoms. The fraction of sp³-hybridized carbons (Fsp3) is 0.923. The van der Waals surface area contributed by atoms with E-state index in [9.17, 15) is 19.1 Å². The normalized spacial score (nSPS) is 12.5. The second-order valence-corrected chi connectivity index (χ2v) is 6.86. The van der Waals surface area contributed by atoms with Crippen LogP contribution >= 0.6 is 7.60 Å². The maximum atomic E-state index is 12.2. The highest BCUT2D eigenvalue weighted by atomic mass is 31.2. The first-order valence-corrected chi connectivity index (χ1v) is 8.69. The van der Waals surface area contributed by atoms with Crippen LogP contribution in [-0.4, -0.2) is 27.5 Å².